The number of hydrogen-bond donors (Lipinski definition) is 8. The molecule has 1 atom stereocenters. The van der Waals surface area contributed by atoms with E-state index in [1.165, 1.54) is 98.1 Å². The fourth-order valence-electron chi connectivity index (χ4n) is 17.0. The first-order chi connectivity index (χ1) is 68.7. The van der Waals surface area contributed by atoms with Gasteiger partial charge in [-0.25, -0.2) is 82.9 Å². The molecule has 142 heavy (non-hydrogen) atoms. The SMILES string of the molecule is Cc1ccccc1-n1c(Cn2nc(-c3ccc(O)c(Cl)c3)c3c(N)ncnc32)nc2scc(C)c2c1=O.Cc1ccccc1-n1c(Cn2nc(-c3ccc4cc[nH]c4c3)c3c(N)ncnc32)nc2scc(C)c2c1=O.Cc1ccccc1-n1c(Cn2nc(C#C[C@@H](C)O)c3c(N)ncnc32)nc2scc(C)c2c1=O.Cc1csc2nc(Cn3nc(C#CCO)c4c(N)ncnc43)n(-c3ccccc3F)c(=O)c12. The molecule has 36 nitrogen and oxygen atoms in total. The number of halogens is 2. The summed E-state index contributed by atoms with van der Waals surface area (Å²) in [6, 6.07) is 42.1. The summed E-state index contributed by atoms with van der Waals surface area (Å²) in [6.07, 6.45) is 6.53. The van der Waals surface area contributed by atoms with Crippen molar-refractivity contribution in [1.82, 2.24) is 122 Å². The van der Waals surface area contributed by atoms with E-state index in [-0.39, 0.29) is 100 Å². The van der Waals surface area contributed by atoms with E-state index in [9.17, 15) is 33.8 Å². The number of aromatic nitrogens is 25. The average Bonchev–Trinajstić information content (AvgIpc) is 1.58. The normalized spacial score (nSPS) is 11.6. The number of hydrogen-bond acceptors (Lipinski definition) is 31. The third kappa shape index (κ3) is 16.9. The van der Waals surface area contributed by atoms with Crippen molar-refractivity contribution in [3.05, 3.63) is 318 Å². The molecule has 23 aromatic rings. The number of aliphatic hydroxyl groups excluding tert-OH is 2. The van der Waals surface area contributed by atoms with Crippen molar-refractivity contribution < 1.29 is 19.7 Å². The number of nitrogen functional groups attached to an aromatic ring is 4. The highest BCUT2D eigenvalue weighted by Gasteiger charge is 2.29. The van der Waals surface area contributed by atoms with E-state index in [1.807, 2.05) is 173 Å². The average molecular weight is 1980 g/mol. The summed E-state index contributed by atoms with van der Waals surface area (Å²) in [7, 11) is 0. The predicted octanol–water partition coefficient (Wildman–Crippen LogP) is 14.4. The molecule has 23 rings (SSSR count). The van der Waals surface area contributed by atoms with Gasteiger partial charge in [0, 0.05) is 22.8 Å². The summed E-state index contributed by atoms with van der Waals surface area (Å²) in [6.45, 7) is 15.2. The summed E-state index contributed by atoms with van der Waals surface area (Å²) >= 11 is 11.9. The first kappa shape index (κ1) is 92.4. The van der Waals surface area contributed by atoms with E-state index >= 15 is 0 Å². The number of phenolic OH excluding ortho intramolecular Hbond substituents is 1. The minimum absolute atomic E-state index is 0.00970. The summed E-state index contributed by atoms with van der Waals surface area (Å²) < 4.78 is 27.5. The molecule has 0 unspecified atom stereocenters. The number of anilines is 4. The standard InChI is InChI=1S/C28H22N8OS.C26H20ClN7O2S.C24H21N7O2S.C22H16FN7O2S/c1-15-5-3-4-6-20(15)36-21(33-27-22(28(36)37)16(2)13-38-27)12-35-26-23(25(29)31-14-32-26)24(34-35)18-8-7-17-9-10-30-19(17)11-18;1-13-5-3-4-6-17(13)34-19(31-25-20(26(34)36)14(2)11-37-25)10-33-24-21(23(28)29-12-30-24)22(32-33)15-7-8-18(35)16(27)9-15;1-13-6-4-5-7-17(13)31-18(28-23-19(24(31)33)14(2)11-34-23)10-30-22-20(21(25)26-12-27-22)16(29-30)9-8-15(3)32;1-12-10-33-21-17(12)22(32)30(15-7-3-2-5-13(15)23)16(27-21)9-29-20-18(19(24)25-11-26-20)14(28-29)6-4-8-31/h3-11,13-14,30H,12H2,1-2H3,(H2,29,31,32);3-9,11-12,35H,10H2,1-2H3,(H2,28,29,30);4-7,11-12,15,32H,10H2,1-3H3,(H2,25,26,27);2-3,5,7,10-11,31H,8-9H2,1H3,(H2,24,25,26)/t;;15-;/m..1./s1. The molecule has 0 saturated carbocycles. The number of aliphatic hydroxyl groups is 2. The third-order valence-electron chi connectivity index (χ3n) is 23.7. The molecular formula is C100H79ClFN29O7S4. The number of aromatic hydroxyl groups is 1. The van der Waals surface area contributed by atoms with Gasteiger partial charge in [-0.1, -0.05) is 102 Å². The molecule has 0 fully saturated rings. The number of benzene rings is 6. The molecule has 0 amide bonds. The smallest absolute Gasteiger partial charge is 0.267 e. The number of aromatic amines is 1. The third-order valence-corrected chi connectivity index (χ3v) is 28.0. The first-order valence-corrected chi connectivity index (χ1v) is 47.7. The zero-order valence-electron chi connectivity index (χ0n) is 76.5. The molecule has 12 N–H and O–H groups in total. The number of rotatable bonds is 14. The van der Waals surface area contributed by atoms with Crippen LogP contribution in [-0.4, -0.2) is 150 Å². The van der Waals surface area contributed by atoms with Crippen LogP contribution in [0.1, 0.15) is 80.6 Å². The van der Waals surface area contributed by atoms with Gasteiger partial charge >= 0.3 is 0 Å². The van der Waals surface area contributed by atoms with Crippen LogP contribution in [0.5, 0.6) is 5.75 Å². The molecule has 0 aliphatic heterocycles. The van der Waals surface area contributed by atoms with Crippen molar-refractivity contribution in [2.45, 2.75) is 87.7 Å². The molecule has 0 aliphatic carbocycles. The highest BCUT2D eigenvalue weighted by Crippen LogP contribution is 2.39. The monoisotopic (exact) mass is 1980 g/mol. The van der Waals surface area contributed by atoms with Crippen molar-refractivity contribution in [3.8, 4) is 74.7 Å². The number of nitrogens with one attached hydrogen (secondary N) is 1. The lowest BCUT2D eigenvalue weighted by atomic mass is 10.1. The summed E-state index contributed by atoms with van der Waals surface area (Å²) in [5.74, 6) is 13.1. The van der Waals surface area contributed by atoms with Crippen molar-refractivity contribution in [2.24, 2.45) is 0 Å². The number of thiophene rings is 4. The Labute approximate surface area is 822 Å². The number of nitrogens with two attached hydrogens (primary N) is 4. The minimum atomic E-state index is -0.830. The molecule has 0 saturated heterocycles. The summed E-state index contributed by atoms with van der Waals surface area (Å²) in [4.78, 5) is 114. The lowest BCUT2D eigenvalue weighted by Crippen LogP contribution is -2.26. The molecule has 17 heterocycles. The molecule has 0 radical (unpaired) electrons. The first-order valence-electron chi connectivity index (χ1n) is 43.8. The maximum absolute atomic E-state index is 14.8. The van der Waals surface area contributed by atoms with Crippen molar-refractivity contribution in [2.75, 3.05) is 29.5 Å². The van der Waals surface area contributed by atoms with Gasteiger partial charge in [0.05, 0.1) is 70.9 Å². The fraction of sp³-hybridized carbons (Fsp3) is 0.140. The van der Waals surface area contributed by atoms with Gasteiger partial charge in [0.2, 0.25) is 0 Å². The molecule has 6 aromatic carbocycles. The van der Waals surface area contributed by atoms with Gasteiger partial charge in [-0.2, -0.15) is 20.4 Å². The quantitative estimate of drug-likeness (QED) is 0.0469. The number of aryl methyl sites for hydroxylation is 7. The zero-order chi connectivity index (χ0) is 98.9. The van der Waals surface area contributed by atoms with E-state index in [4.69, 9.17) is 64.8 Å². The van der Waals surface area contributed by atoms with Crippen LogP contribution < -0.4 is 45.2 Å². The Morgan fingerprint density at radius 1 is 0.415 bits per heavy atom. The fourth-order valence-corrected chi connectivity index (χ4v) is 20.9. The van der Waals surface area contributed by atoms with Crippen LogP contribution in [-0.2, 0) is 26.2 Å². The number of nitrogens with zero attached hydrogens (tertiary/aromatic N) is 24. The number of H-pyrrole nitrogens is 1. The molecule has 17 aromatic heterocycles. The Morgan fingerprint density at radius 3 is 1.14 bits per heavy atom. The van der Waals surface area contributed by atoms with Crippen molar-refractivity contribution in [3.63, 3.8) is 0 Å². The Hall–Kier alpha value is -17.3. The van der Waals surface area contributed by atoms with Crippen LogP contribution >= 0.6 is 56.9 Å². The van der Waals surface area contributed by atoms with Crippen LogP contribution in [0.25, 0.3) is 141 Å². The molecule has 0 spiro atoms. The second kappa shape index (κ2) is 37.9. The molecule has 0 aliphatic rings. The second-order valence-electron chi connectivity index (χ2n) is 33.1. The van der Waals surface area contributed by atoms with Crippen LogP contribution in [0.4, 0.5) is 27.7 Å². The van der Waals surface area contributed by atoms with Gasteiger partial charge in [0.15, 0.2) is 22.6 Å². The minimum Gasteiger partial charge on any atom is -0.506 e. The Kier molecular flexibility index (Phi) is 24.6. The van der Waals surface area contributed by atoms with E-state index in [2.05, 4.69) is 83.7 Å². The highest BCUT2D eigenvalue weighted by atomic mass is 35.5. The Morgan fingerprint density at radius 2 is 0.761 bits per heavy atom. The van der Waals surface area contributed by atoms with E-state index in [1.54, 1.807) is 58.9 Å². The Bertz CT molecular complexity index is 9480. The van der Waals surface area contributed by atoms with Gasteiger partial charge in [-0.05, 0) is 194 Å². The van der Waals surface area contributed by atoms with Gasteiger partial charge in [-0.15, -0.1) is 45.3 Å². The number of phenols is 1. The van der Waals surface area contributed by atoms with Crippen LogP contribution in [0, 0.1) is 78.0 Å². The van der Waals surface area contributed by atoms with Gasteiger partial charge in [0.25, 0.3) is 22.2 Å². The maximum Gasteiger partial charge on any atom is 0.267 e. The van der Waals surface area contributed by atoms with E-state index in [0.29, 0.717) is 131 Å². The van der Waals surface area contributed by atoms with E-state index < -0.39 is 11.9 Å². The maximum atomic E-state index is 14.8. The molecule has 704 valence electrons. The molecule has 42 heteroatoms. The summed E-state index contributed by atoms with van der Waals surface area (Å²) in [5, 5.41) is 60.8. The second-order valence-corrected chi connectivity index (χ2v) is 36.9. The van der Waals surface area contributed by atoms with Crippen molar-refractivity contribution >= 4 is 176 Å². The highest BCUT2D eigenvalue weighted by molar-refractivity contribution is 7.17. The Balaban J connectivity index is 0.000000116. The number of para-hydroxylation sites is 4. The van der Waals surface area contributed by atoms with Crippen LogP contribution in [0.15, 0.2) is 212 Å². The topological polar surface area (TPSA) is 495 Å². The zero-order valence-corrected chi connectivity index (χ0v) is 80.5. The lowest BCUT2D eigenvalue weighted by molar-refractivity contribution is 0.253. The molecule has 0 bridgehead atoms. The van der Waals surface area contributed by atoms with Crippen LogP contribution in [0.2, 0.25) is 5.02 Å². The largest absolute Gasteiger partial charge is 0.506 e. The van der Waals surface area contributed by atoms with Gasteiger partial charge in [-0.3, -0.25) is 37.4 Å². The van der Waals surface area contributed by atoms with Gasteiger partial charge in [0.1, 0.15) is 164 Å². The molecular weight excluding hydrogens is 1900 g/mol. The van der Waals surface area contributed by atoms with Crippen molar-refractivity contribution in [1.29, 1.82) is 0 Å². The predicted molar refractivity (Wildman–Crippen MR) is 551 cm³/mol. The van der Waals surface area contributed by atoms with Gasteiger partial charge < -0.3 is 43.2 Å². The van der Waals surface area contributed by atoms with Crippen LogP contribution in [0.3, 0.4) is 0 Å². The summed E-state index contributed by atoms with van der Waals surface area (Å²) in [5.41, 5.74) is 39.0. The lowest BCUT2D eigenvalue weighted by Gasteiger charge is -2.15. The van der Waals surface area contributed by atoms with E-state index in [0.717, 1.165) is 72.5 Å². The number of fused-ring (bicyclic) bond motifs is 9.